The molecule has 1 fully saturated rings. The van der Waals surface area contributed by atoms with Crippen molar-refractivity contribution in [3.8, 4) is 0 Å². The van der Waals surface area contributed by atoms with Crippen LogP contribution in [0.2, 0.25) is 0 Å². The molecule has 1 aromatic carbocycles. The Kier molecular flexibility index (Phi) is 4.98. The second-order valence-electron chi connectivity index (χ2n) is 5.22. The van der Waals surface area contributed by atoms with E-state index < -0.39 is 24.6 Å². The number of para-hydroxylation sites is 1. The van der Waals surface area contributed by atoms with Crippen LogP contribution < -0.4 is 4.90 Å². The van der Waals surface area contributed by atoms with Gasteiger partial charge in [-0.2, -0.15) is 0 Å². The number of benzene rings is 1. The Balaban J connectivity index is 2.20. The number of aliphatic hydroxyl groups excluding tert-OH is 2. The average Bonchev–Trinajstić information content (AvgIpc) is 2.46. The number of carboxylic acid groups (broad SMARTS) is 1. The third-order valence-corrected chi connectivity index (χ3v) is 3.70. The highest BCUT2D eigenvalue weighted by Crippen LogP contribution is 2.31. The summed E-state index contributed by atoms with van der Waals surface area (Å²) in [5.41, 5.74) is 1.49. The number of carboxylic acids is 1. The van der Waals surface area contributed by atoms with Gasteiger partial charge in [0.1, 0.15) is 6.10 Å². The maximum Gasteiger partial charge on any atom is 0.306 e. The van der Waals surface area contributed by atoms with E-state index in [4.69, 9.17) is 5.11 Å². The molecule has 0 aromatic heterocycles. The van der Waals surface area contributed by atoms with Crippen LogP contribution in [0.25, 0.3) is 0 Å². The fraction of sp³-hybridized carbons (Fsp3) is 0.533. The molecule has 5 heteroatoms. The van der Waals surface area contributed by atoms with Crippen molar-refractivity contribution in [1.82, 2.24) is 0 Å². The molecule has 1 saturated heterocycles. The Morgan fingerprint density at radius 1 is 1.15 bits per heavy atom. The number of anilines is 1. The van der Waals surface area contributed by atoms with E-state index in [1.165, 1.54) is 6.42 Å². The standard InChI is InChI=1S/C15H21NO4/c17-13(10-14(18)19)15(20)11-6-2-3-7-12(11)16-8-4-1-5-9-16/h2-3,6-7,13,15,17,20H,1,4-5,8-10H2,(H,18,19). The zero-order valence-electron chi connectivity index (χ0n) is 11.4. The van der Waals surface area contributed by atoms with Gasteiger partial charge in [0.15, 0.2) is 0 Å². The fourth-order valence-electron chi connectivity index (χ4n) is 2.66. The van der Waals surface area contributed by atoms with Gasteiger partial charge in [-0.15, -0.1) is 0 Å². The highest BCUT2D eigenvalue weighted by molar-refractivity contribution is 5.67. The molecule has 3 N–H and O–H groups in total. The Morgan fingerprint density at radius 2 is 1.80 bits per heavy atom. The van der Waals surface area contributed by atoms with Gasteiger partial charge in [-0.05, 0) is 25.3 Å². The Morgan fingerprint density at radius 3 is 2.45 bits per heavy atom. The highest BCUT2D eigenvalue weighted by Gasteiger charge is 2.25. The van der Waals surface area contributed by atoms with Crippen molar-refractivity contribution in [3.05, 3.63) is 29.8 Å². The van der Waals surface area contributed by atoms with Crippen molar-refractivity contribution in [2.24, 2.45) is 0 Å². The van der Waals surface area contributed by atoms with Crippen molar-refractivity contribution < 1.29 is 20.1 Å². The van der Waals surface area contributed by atoms with Crippen molar-refractivity contribution in [2.75, 3.05) is 18.0 Å². The first kappa shape index (κ1) is 14.8. The van der Waals surface area contributed by atoms with Crippen LogP contribution in [0.5, 0.6) is 0 Å². The Hall–Kier alpha value is -1.59. The summed E-state index contributed by atoms with van der Waals surface area (Å²) in [6.07, 6.45) is 0.505. The summed E-state index contributed by atoms with van der Waals surface area (Å²) in [4.78, 5) is 12.8. The number of carbonyl (C=O) groups is 1. The minimum Gasteiger partial charge on any atom is -0.481 e. The van der Waals surface area contributed by atoms with Gasteiger partial charge in [0.05, 0.1) is 12.5 Å². The van der Waals surface area contributed by atoms with E-state index in [-0.39, 0.29) is 0 Å². The summed E-state index contributed by atoms with van der Waals surface area (Å²) in [6, 6.07) is 7.35. The predicted octanol–water partition coefficient (Wildman–Crippen LogP) is 1.55. The lowest BCUT2D eigenvalue weighted by atomic mass is 9.98. The normalized spacial score (nSPS) is 18.6. The molecule has 0 saturated carbocycles. The van der Waals surface area contributed by atoms with Gasteiger partial charge in [-0.3, -0.25) is 4.79 Å². The van der Waals surface area contributed by atoms with E-state index >= 15 is 0 Å². The van der Waals surface area contributed by atoms with Crippen molar-refractivity contribution in [3.63, 3.8) is 0 Å². The minimum atomic E-state index is -1.29. The number of nitrogens with zero attached hydrogens (tertiary/aromatic N) is 1. The fourth-order valence-corrected chi connectivity index (χ4v) is 2.66. The van der Waals surface area contributed by atoms with E-state index in [1.807, 2.05) is 12.1 Å². The van der Waals surface area contributed by atoms with Gasteiger partial charge < -0.3 is 20.2 Å². The smallest absolute Gasteiger partial charge is 0.306 e. The van der Waals surface area contributed by atoms with Gasteiger partial charge >= 0.3 is 5.97 Å². The third-order valence-electron chi connectivity index (χ3n) is 3.70. The molecule has 110 valence electrons. The van der Waals surface area contributed by atoms with Crippen LogP contribution in [0.1, 0.15) is 37.4 Å². The molecule has 0 bridgehead atoms. The second-order valence-corrected chi connectivity index (χ2v) is 5.22. The molecule has 1 aromatic rings. The molecular weight excluding hydrogens is 258 g/mol. The van der Waals surface area contributed by atoms with E-state index in [0.29, 0.717) is 5.56 Å². The Bertz CT molecular complexity index is 457. The third kappa shape index (κ3) is 3.49. The average molecular weight is 279 g/mol. The monoisotopic (exact) mass is 279 g/mol. The molecule has 2 atom stereocenters. The quantitative estimate of drug-likeness (QED) is 0.762. The zero-order valence-corrected chi connectivity index (χ0v) is 11.4. The van der Waals surface area contributed by atoms with E-state index in [0.717, 1.165) is 31.6 Å². The molecule has 5 nitrogen and oxygen atoms in total. The zero-order chi connectivity index (χ0) is 14.5. The molecule has 1 aliphatic rings. The van der Waals surface area contributed by atoms with Crippen molar-refractivity contribution >= 4 is 11.7 Å². The largest absolute Gasteiger partial charge is 0.481 e. The van der Waals surface area contributed by atoms with Gasteiger partial charge in [-0.25, -0.2) is 0 Å². The van der Waals surface area contributed by atoms with Crippen LogP contribution in [-0.2, 0) is 4.79 Å². The maximum absolute atomic E-state index is 10.7. The lowest BCUT2D eigenvalue weighted by Gasteiger charge is -2.32. The molecular formula is C15H21NO4. The van der Waals surface area contributed by atoms with Crippen LogP contribution in [0, 0.1) is 0 Å². The van der Waals surface area contributed by atoms with Crippen molar-refractivity contribution in [1.29, 1.82) is 0 Å². The first-order valence-electron chi connectivity index (χ1n) is 7.01. The summed E-state index contributed by atoms with van der Waals surface area (Å²) >= 11 is 0. The minimum absolute atomic E-state index is 0.463. The molecule has 0 aliphatic carbocycles. The molecule has 0 amide bonds. The molecule has 2 rings (SSSR count). The second kappa shape index (κ2) is 6.72. The van der Waals surface area contributed by atoms with E-state index in [1.54, 1.807) is 12.1 Å². The molecule has 1 heterocycles. The number of hydrogen-bond donors (Lipinski definition) is 3. The summed E-state index contributed by atoms with van der Waals surface area (Å²) in [7, 11) is 0. The van der Waals surface area contributed by atoms with Crippen LogP contribution in [0.15, 0.2) is 24.3 Å². The maximum atomic E-state index is 10.7. The van der Waals surface area contributed by atoms with Gasteiger partial charge in [-0.1, -0.05) is 18.2 Å². The topological polar surface area (TPSA) is 81.0 Å². The van der Waals surface area contributed by atoms with Crippen LogP contribution in [0.4, 0.5) is 5.69 Å². The number of piperidine rings is 1. The highest BCUT2D eigenvalue weighted by atomic mass is 16.4. The number of aliphatic hydroxyl groups is 2. The molecule has 0 radical (unpaired) electrons. The van der Waals surface area contributed by atoms with Crippen LogP contribution in [0.3, 0.4) is 0 Å². The van der Waals surface area contributed by atoms with Crippen LogP contribution in [-0.4, -0.2) is 40.5 Å². The Labute approximate surface area is 118 Å². The molecule has 2 unspecified atom stereocenters. The molecule has 1 aliphatic heterocycles. The summed E-state index contributed by atoms with van der Waals surface area (Å²) in [5.74, 6) is -1.12. The number of hydrogen-bond acceptors (Lipinski definition) is 4. The molecule has 20 heavy (non-hydrogen) atoms. The number of aliphatic carboxylic acids is 1. The molecule has 0 spiro atoms. The van der Waals surface area contributed by atoms with E-state index in [2.05, 4.69) is 4.90 Å². The summed E-state index contributed by atoms with van der Waals surface area (Å²) in [6.45, 7) is 1.86. The number of rotatable bonds is 5. The SMILES string of the molecule is O=C(O)CC(O)C(O)c1ccccc1N1CCCCC1. The first-order valence-corrected chi connectivity index (χ1v) is 7.01. The van der Waals surface area contributed by atoms with Gasteiger partial charge in [0.25, 0.3) is 0 Å². The lowest BCUT2D eigenvalue weighted by Crippen LogP contribution is -2.31. The predicted molar refractivity (Wildman–Crippen MR) is 75.7 cm³/mol. The van der Waals surface area contributed by atoms with Gasteiger partial charge in [0.2, 0.25) is 0 Å². The van der Waals surface area contributed by atoms with E-state index in [9.17, 15) is 15.0 Å². The lowest BCUT2D eigenvalue weighted by molar-refractivity contribution is -0.141. The van der Waals surface area contributed by atoms with Crippen LogP contribution >= 0.6 is 0 Å². The summed E-state index contributed by atoms with van der Waals surface area (Å²) < 4.78 is 0. The van der Waals surface area contributed by atoms with Gasteiger partial charge in [0, 0.05) is 24.3 Å². The summed E-state index contributed by atoms with van der Waals surface area (Å²) in [5, 5.41) is 28.7. The van der Waals surface area contributed by atoms with Crippen molar-refractivity contribution in [2.45, 2.75) is 37.9 Å². The first-order chi connectivity index (χ1) is 9.59.